The molecule has 4 aliphatic rings. The lowest BCUT2D eigenvalue weighted by Gasteiger charge is -2.22. The van der Waals surface area contributed by atoms with Gasteiger partial charge in [0.05, 0.1) is 3.23 Å². The predicted molar refractivity (Wildman–Crippen MR) is 59.8 cm³/mol. The Bertz CT molecular complexity index is 312. The molecule has 0 spiro atoms. The third-order valence-electron chi connectivity index (χ3n) is 4.44. The van der Waals surface area contributed by atoms with E-state index >= 15 is 0 Å². The lowest BCUT2D eigenvalue weighted by Crippen LogP contribution is -2.20. The van der Waals surface area contributed by atoms with Crippen LogP contribution in [0.4, 0.5) is 0 Å². The van der Waals surface area contributed by atoms with Crippen molar-refractivity contribution in [2.75, 3.05) is 0 Å². The standard InChI is InChI=1S/C11H10Br2/c12-11(13)9-6-3-1-5-2-4-7(8(5)6)10(9)11/h1-10H/t5?,6-,7+,8?,9-,10+. The topological polar surface area (TPSA) is 0 Å². The van der Waals surface area contributed by atoms with Gasteiger partial charge >= 0.3 is 0 Å². The summed E-state index contributed by atoms with van der Waals surface area (Å²) in [6.07, 6.45) is 9.74. The van der Waals surface area contributed by atoms with Crippen LogP contribution in [0.25, 0.3) is 0 Å². The van der Waals surface area contributed by atoms with Gasteiger partial charge in [0.25, 0.3) is 0 Å². The van der Waals surface area contributed by atoms with E-state index in [0.29, 0.717) is 0 Å². The van der Waals surface area contributed by atoms with Gasteiger partial charge in [-0.15, -0.1) is 0 Å². The van der Waals surface area contributed by atoms with Crippen LogP contribution in [0.1, 0.15) is 0 Å². The van der Waals surface area contributed by atoms with Gasteiger partial charge in [0.1, 0.15) is 0 Å². The van der Waals surface area contributed by atoms with Crippen molar-refractivity contribution in [3.8, 4) is 0 Å². The Balaban J connectivity index is 1.85. The number of fused-ring (bicyclic) bond motifs is 3. The highest BCUT2D eigenvalue weighted by molar-refractivity contribution is 9.25. The fourth-order valence-electron chi connectivity index (χ4n) is 3.95. The number of halogens is 2. The average molecular weight is 302 g/mol. The minimum absolute atomic E-state index is 0.278. The average Bonchev–Trinajstić information content (AvgIpc) is 2.56. The molecule has 0 nitrogen and oxygen atoms in total. The van der Waals surface area contributed by atoms with Crippen LogP contribution < -0.4 is 0 Å². The number of rotatable bonds is 0. The number of hydrogen-bond acceptors (Lipinski definition) is 0. The molecule has 4 aliphatic carbocycles. The fourth-order valence-corrected chi connectivity index (χ4v) is 6.04. The zero-order valence-corrected chi connectivity index (χ0v) is 10.2. The van der Waals surface area contributed by atoms with Gasteiger partial charge in [-0.25, -0.2) is 0 Å². The summed E-state index contributed by atoms with van der Waals surface area (Å²) in [5.74, 6) is 5.10. The van der Waals surface area contributed by atoms with Crippen molar-refractivity contribution < 1.29 is 0 Å². The SMILES string of the molecule is BrC1(Br)[C@@H]2[C@H]1[C@@H]1C=CC3C=C[C@H]2C31. The molecule has 13 heavy (non-hydrogen) atoms. The molecule has 6 atom stereocenters. The van der Waals surface area contributed by atoms with E-state index in [2.05, 4.69) is 56.2 Å². The molecule has 0 bridgehead atoms. The number of alkyl halides is 2. The van der Waals surface area contributed by atoms with Crippen LogP contribution in [0.5, 0.6) is 0 Å². The normalized spacial score (nSPS) is 62.6. The van der Waals surface area contributed by atoms with Gasteiger partial charge in [-0.2, -0.15) is 0 Å². The predicted octanol–water partition coefficient (Wildman–Crippen LogP) is 3.34. The third kappa shape index (κ3) is 0.687. The lowest BCUT2D eigenvalue weighted by atomic mass is 9.85. The van der Waals surface area contributed by atoms with Gasteiger partial charge in [-0.3, -0.25) is 0 Å². The molecular formula is C11H10Br2. The second kappa shape index (κ2) is 2.01. The largest absolute Gasteiger partial charge is 0.0880 e. The van der Waals surface area contributed by atoms with Crippen molar-refractivity contribution in [2.45, 2.75) is 3.23 Å². The summed E-state index contributed by atoms with van der Waals surface area (Å²) in [6.45, 7) is 0. The first-order valence-corrected chi connectivity index (χ1v) is 6.54. The summed E-state index contributed by atoms with van der Waals surface area (Å²) in [5.41, 5.74) is 0. The minimum Gasteiger partial charge on any atom is -0.0841 e. The summed E-state index contributed by atoms with van der Waals surface area (Å²) in [4.78, 5) is 0. The number of allylic oxidation sites excluding steroid dienone is 4. The molecule has 2 saturated carbocycles. The van der Waals surface area contributed by atoms with E-state index in [4.69, 9.17) is 0 Å². The molecule has 0 amide bonds. The van der Waals surface area contributed by atoms with Gasteiger partial charge in [0.2, 0.25) is 0 Å². The summed E-state index contributed by atoms with van der Waals surface area (Å²) < 4.78 is 0.278. The lowest BCUT2D eigenvalue weighted by molar-refractivity contribution is 0.342. The maximum atomic E-state index is 3.81. The van der Waals surface area contributed by atoms with Gasteiger partial charge in [0, 0.05) is 0 Å². The highest BCUT2D eigenvalue weighted by atomic mass is 79.9. The molecule has 0 N–H and O–H groups in total. The third-order valence-corrected chi connectivity index (χ3v) is 6.56. The molecule has 0 heterocycles. The molecule has 0 radical (unpaired) electrons. The molecule has 0 aliphatic heterocycles. The first kappa shape index (κ1) is 7.70. The van der Waals surface area contributed by atoms with Crippen LogP contribution >= 0.6 is 31.9 Å². The van der Waals surface area contributed by atoms with Crippen molar-refractivity contribution in [1.29, 1.82) is 0 Å². The maximum absolute atomic E-state index is 3.81. The van der Waals surface area contributed by atoms with Crippen molar-refractivity contribution in [1.82, 2.24) is 0 Å². The monoisotopic (exact) mass is 300 g/mol. The first-order valence-electron chi connectivity index (χ1n) is 4.96. The van der Waals surface area contributed by atoms with Gasteiger partial charge in [0.15, 0.2) is 0 Å². The molecule has 4 rings (SSSR count). The Kier molecular flexibility index (Phi) is 1.19. The Morgan fingerprint density at radius 2 is 1.38 bits per heavy atom. The van der Waals surface area contributed by atoms with Crippen LogP contribution in [0.2, 0.25) is 0 Å². The van der Waals surface area contributed by atoms with Gasteiger partial charge < -0.3 is 0 Å². The molecule has 0 aromatic rings. The molecule has 68 valence electrons. The molecule has 2 heteroatoms. The van der Waals surface area contributed by atoms with Crippen molar-refractivity contribution in [2.24, 2.45) is 35.5 Å². The van der Waals surface area contributed by atoms with Crippen LogP contribution in [-0.2, 0) is 0 Å². The second-order valence-corrected chi connectivity index (χ2v) is 8.49. The van der Waals surface area contributed by atoms with E-state index < -0.39 is 0 Å². The zero-order valence-electron chi connectivity index (χ0n) is 7.03. The summed E-state index contributed by atoms with van der Waals surface area (Å²) >= 11 is 7.63. The van der Waals surface area contributed by atoms with Crippen molar-refractivity contribution in [3.63, 3.8) is 0 Å². The van der Waals surface area contributed by atoms with E-state index in [1.54, 1.807) is 0 Å². The fraction of sp³-hybridized carbons (Fsp3) is 0.636. The van der Waals surface area contributed by atoms with Crippen molar-refractivity contribution >= 4 is 31.9 Å². The van der Waals surface area contributed by atoms with Gasteiger partial charge in [-0.05, 0) is 35.5 Å². The minimum atomic E-state index is 0.278. The Morgan fingerprint density at radius 3 is 1.92 bits per heavy atom. The Morgan fingerprint density at radius 1 is 0.846 bits per heavy atom. The van der Waals surface area contributed by atoms with Crippen LogP contribution in [0, 0.1) is 35.5 Å². The molecule has 2 fully saturated rings. The Labute approximate surface area is 94.7 Å². The van der Waals surface area contributed by atoms with Gasteiger partial charge in [-0.1, -0.05) is 56.2 Å². The van der Waals surface area contributed by atoms with E-state index in [1.807, 2.05) is 0 Å². The quantitative estimate of drug-likeness (QED) is 0.475. The maximum Gasteiger partial charge on any atom is 0.0880 e. The second-order valence-electron chi connectivity index (χ2n) is 4.81. The van der Waals surface area contributed by atoms with E-state index in [1.165, 1.54) is 0 Å². The van der Waals surface area contributed by atoms with E-state index in [0.717, 1.165) is 35.5 Å². The summed E-state index contributed by atoms with van der Waals surface area (Å²) in [6, 6.07) is 0. The van der Waals surface area contributed by atoms with Crippen LogP contribution in [0.3, 0.4) is 0 Å². The highest BCUT2D eigenvalue weighted by Gasteiger charge is 2.75. The Hall–Kier alpha value is 0.440. The highest BCUT2D eigenvalue weighted by Crippen LogP contribution is 2.78. The molecule has 0 saturated heterocycles. The van der Waals surface area contributed by atoms with Crippen LogP contribution in [-0.4, -0.2) is 3.23 Å². The smallest absolute Gasteiger partial charge is 0.0841 e. The molecule has 0 aromatic heterocycles. The zero-order chi connectivity index (χ0) is 8.79. The van der Waals surface area contributed by atoms with E-state index in [9.17, 15) is 0 Å². The number of hydrogen-bond donors (Lipinski definition) is 0. The molecule has 0 aromatic carbocycles. The van der Waals surface area contributed by atoms with Crippen molar-refractivity contribution in [3.05, 3.63) is 24.3 Å². The summed E-state index contributed by atoms with van der Waals surface area (Å²) in [5, 5.41) is 0. The summed E-state index contributed by atoms with van der Waals surface area (Å²) in [7, 11) is 0. The first-order chi connectivity index (χ1) is 6.21. The molecular weight excluding hydrogens is 292 g/mol. The molecule has 2 unspecified atom stereocenters. The van der Waals surface area contributed by atoms with E-state index in [-0.39, 0.29) is 3.23 Å². The van der Waals surface area contributed by atoms with Crippen LogP contribution in [0.15, 0.2) is 24.3 Å².